The van der Waals surface area contributed by atoms with Crippen LogP contribution in [0.25, 0.3) is 0 Å². The van der Waals surface area contributed by atoms with Crippen LogP contribution in [0.3, 0.4) is 0 Å². The first-order valence-corrected chi connectivity index (χ1v) is 6.75. The van der Waals surface area contributed by atoms with Crippen LogP contribution in [0.2, 0.25) is 5.02 Å². The van der Waals surface area contributed by atoms with Crippen LogP contribution >= 0.6 is 11.6 Å². The molecule has 3 N–H and O–H groups in total. The lowest BCUT2D eigenvalue weighted by Crippen LogP contribution is -2.29. The molecule has 0 saturated carbocycles. The molecule has 0 heterocycles. The highest BCUT2D eigenvalue weighted by molar-refractivity contribution is 6.30. The van der Waals surface area contributed by atoms with E-state index in [0.29, 0.717) is 0 Å². The zero-order valence-corrected chi connectivity index (χ0v) is 12.0. The SMILES string of the molecule is Cc1cc(C)cc(CC(NN)c2cccc(Cl)c2)c1. The summed E-state index contributed by atoms with van der Waals surface area (Å²) in [6, 6.07) is 14.4. The fraction of sp³-hybridized carbons (Fsp3) is 0.250. The Hall–Kier alpha value is -1.35. The van der Waals surface area contributed by atoms with Gasteiger partial charge in [-0.2, -0.15) is 0 Å². The molecule has 0 spiro atoms. The number of rotatable bonds is 4. The van der Waals surface area contributed by atoms with Gasteiger partial charge in [-0.05, 0) is 43.5 Å². The number of benzene rings is 2. The average Bonchev–Trinajstić information content (AvgIpc) is 2.34. The van der Waals surface area contributed by atoms with Crippen LogP contribution in [0, 0.1) is 13.8 Å². The van der Waals surface area contributed by atoms with Crippen molar-refractivity contribution in [3.63, 3.8) is 0 Å². The van der Waals surface area contributed by atoms with Crippen molar-refractivity contribution < 1.29 is 0 Å². The summed E-state index contributed by atoms with van der Waals surface area (Å²) in [6.07, 6.45) is 0.847. The second-order valence-corrected chi connectivity index (χ2v) is 5.41. The number of aryl methyl sites for hydroxylation is 2. The normalized spacial score (nSPS) is 12.4. The first-order chi connectivity index (χ1) is 9.08. The lowest BCUT2D eigenvalue weighted by molar-refractivity contribution is 0.552. The van der Waals surface area contributed by atoms with E-state index in [1.807, 2.05) is 24.3 Å². The summed E-state index contributed by atoms with van der Waals surface area (Å²) in [4.78, 5) is 0. The van der Waals surface area contributed by atoms with Crippen LogP contribution in [0.4, 0.5) is 0 Å². The van der Waals surface area contributed by atoms with Crippen molar-refractivity contribution in [1.82, 2.24) is 5.43 Å². The molecule has 0 aliphatic carbocycles. The highest BCUT2D eigenvalue weighted by atomic mass is 35.5. The number of nitrogens with two attached hydrogens (primary N) is 1. The van der Waals surface area contributed by atoms with Gasteiger partial charge in [0.25, 0.3) is 0 Å². The van der Waals surface area contributed by atoms with Crippen molar-refractivity contribution in [3.8, 4) is 0 Å². The van der Waals surface area contributed by atoms with Crippen LogP contribution < -0.4 is 11.3 Å². The third kappa shape index (κ3) is 3.80. The molecule has 1 unspecified atom stereocenters. The molecule has 100 valence electrons. The number of hydrogen-bond acceptors (Lipinski definition) is 2. The Kier molecular flexibility index (Phi) is 4.59. The van der Waals surface area contributed by atoms with Gasteiger partial charge in [0.15, 0.2) is 0 Å². The molecular weight excluding hydrogens is 256 g/mol. The van der Waals surface area contributed by atoms with Gasteiger partial charge in [-0.1, -0.05) is 53.1 Å². The molecule has 2 aromatic carbocycles. The molecule has 0 aliphatic heterocycles. The molecule has 0 amide bonds. The minimum atomic E-state index is 0.0694. The quantitative estimate of drug-likeness (QED) is 0.659. The maximum absolute atomic E-state index is 6.03. The zero-order valence-electron chi connectivity index (χ0n) is 11.3. The van der Waals surface area contributed by atoms with E-state index in [9.17, 15) is 0 Å². The Morgan fingerprint density at radius 2 is 1.79 bits per heavy atom. The predicted octanol–water partition coefficient (Wildman–Crippen LogP) is 3.70. The Bertz CT molecular complexity index is 546. The van der Waals surface area contributed by atoms with Crippen molar-refractivity contribution >= 4 is 11.6 Å². The molecule has 2 nitrogen and oxygen atoms in total. The predicted molar refractivity (Wildman–Crippen MR) is 81.1 cm³/mol. The lowest BCUT2D eigenvalue weighted by Gasteiger charge is -2.17. The van der Waals surface area contributed by atoms with E-state index in [1.54, 1.807) is 0 Å². The van der Waals surface area contributed by atoms with Gasteiger partial charge in [0.2, 0.25) is 0 Å². The minimum absolute atomic E-state index is 0.0694. The molecule has 0 bridgehead atoms. The first kappa shape index (κ1) is 14.1. The van der Waals surface area contributed by atoms with Crippen molar-refractivity contribution in [3.05, 3.63) is 69.7 Å². The summed E-state index contributed by atoms with van der Waals surface area (Å²) in [7, 11) is 0. The van der Waals surface area contributed by atoms with E-state index in [-0.39, 0.29) is 6.04 Å². The smallest absolute Gasteiger partial charge is 0.0500 e. The van der Waals surface area contributed by atoms with Gasteiger partial charge in [0.1, 0.15) is 0 Å². The Morgan fingerprint density at radius 3 is 2.37 bits per heavy atom. The van der Waals surface area contributed by atoms with Gasteiger partial charge in [-0.25, -0.2) is 0 Å². The van der Waals surface area contributed by atoms with Crippen LogP contribution in [0.1, 0.15) is 28.3 Å². The summed E-state index contributed by atoms with van der Waals surface area (Å²) < 4.78 is 0. The topological polar surface area (TPSA) is 38.0 Å². The fourth-order valence-electron chi connectivity index (χ4n) is 2.42. The number of hydrogen-bond donors (Lipinski definition) is 2. The summed E-state index contributed by atoms with van der Waals surface area (Å²) in [6.45, 7) is 4.22. The van der Waals surface area contributed by atoms with Crippen LogP contribution in [-0.2, 0) is 6.42 Å². The summed E-state index contributed by atoms with van der Waals surface area (Å²) in [5, 5.41) is 0.734. The molecule has 0 aliphatic rings. The number of hydrazine groups is 1. The van der Waals surface area contributed by atoms with E-state index in [4.69, 9.17) is 17.4 Å². The highest BCUT2D eigenvalue weighted by Crippen LogP contribution is 2.22. The molecule has 1 atom stereocenters. The Labute approximate surface area is 119 Å². The molecule has 0 radical (unpaired) electrons. The summed E-state index contributed by atoms with van der Waals surface area (Å²) in [5.41, 5.74) is 7.81. The second-order valence-electron chi connectivity index (χ2n) is 4.97. The first-order valence-electron chi connectivity index (χ1n) is 6.37. The minimum Gasteiger partial charge on any atom is -0.271 e. The van der Waals surface area contributed by atoms with Crippen molar-refractivity contribution in [1.29, 1.82) is 0 Å². The molecule has 2 aromatic rings. The van der Waals surface area contributed by atoms with E-state index >= 15 is 0 Å². The molecular formula is C16H19ClN2. The Balaban J connectivity index is 2.23. The molecule has 19 heavy (non-hydrogen) atoms. The van der Waals surface area contributed by atoms with Gasteiger partial charge >= 0.3 is 0 Å². The van der Waals surface area contributed by atoms with Gasteiger partial charge in [0.05, 0.1) is 6.04 Å². The zero-order chi connectivity index (χ0) is 13.8. The summed E-state index contributed by atoms with van der Waals surface area (Å²) >= 11 is 6.03. The Morgan fingerprint density at radius 1 is 1.11 bits per heavy atom. The number of halogens is 1. The van der Waals surface area contributed by atoms with Crippen LogP contribution in [-0.4, -0.2) is 0 Å². The maximum Gasteiger partial charge on any atom is 0.0500 e. The van der Waals surface area contributed by atoms with E-state index in [0.717, 1.165) is 17.0 Å². The van der Waals surface area contributed by atoms with E-state index in [1.165, 1.54) is 16.7 Å². The summed E-state index contributed by atoms with van der Waals surface area (Å²) in [5.74, 6) is 5.69. The molecule has 0 aromatic heterocycles. The molecule has 0 fully saturated rings. The second kappa shape index (κ2) is 6.20. The van der Waals surface area contributed by atoms with Crippen molar-refractivity contribution in [2.75, 3.05) is 0 Å². The molecule has 3 heteroatoms. The molecule has 0 saturated heterocycles. The standard InChI is InChI=1S/C16H19ClN2/c1-11-6-12(2)8-13(7-11)9-16(19-18)14-4-3-5-15(17)10-14/h3-8,10,16,19H,9,18H2,1-2H3. The van der Waals surface area contributed by atoms with Gasteiger partial charge in [-0.3, -0.25) is 11.3 Å². The lowest BCUT2D eigenvalue weighted by atomic mass is 9.97. The highest BCUT2D eigenvalue weighted by Gasteiger charge is 2.11. The fourth-order valence-corrected chi connectivity index (χ4v) is 2.62. The molecule has 2 rings (SSSR count). The van der Waals surface area contributed by atoms with E-state index in [2.05, 4.69) is 37.5 Å². The van der Waals surface area contributed by atoms with Gasteiger partial charge < -0.3 is 0 Å². The van der Waals surface area contributed by atoms with Crippen LogP contribution in [0.15, 0.2) is 42.5 Å². The van der Waals surface area contributed by atoms with Crippen molar-refractivity contribution in [2.45, 2.75) is 26.3 Å². The number of nitrogens with one attached hydrogen (secondary N) is 1. The maximum atomic E-state index is 6.03. The third-order valence-corrected chi connectivity index (χ3v) is 3.41. The van der Waals surface area contributed by atoms with Crippen molar-refractivity contribution in [2.24, 2.45) is 5.84 Å². The van der Waals surface area contributed by atoms with Gasteiger partial charge in [-0.15, -0.1) is 0 Å². The van der Waals surface area contributed by atoms with E-state index < -0.39 is 0 Å². The van der Waals surface area contributed by atoms with Crippen LogP contribution in [0.5, 0.6) is 0 Å². The average molecular weight is 275 g/mol. The van der Waals surface area contributed by atoms with Gasteiger partial charge in [0, 0.05) is 5.02 Å². The third-order valence-electron chi connectivity index (χ3n) is 3.17. The largest absolute Gasteiger partial charge is 0.271 e. The monoisotopic (exact) mass is 274 g/mol.